The molecule has 0 unspecified atom stereocenters. The second kappa shape index (κ2) is 4.78. The average Bonchev–Trinajstić information content (AvgIpc) is 2.71. The van der Waals surface area contributed by atoms with Crippen LogP contribution in [0.5, 0.6) is 5.75 Å². The van der Waals surface area contributed by atoms with Crippen molar-refractivity contribution in [1.29, 1.82) is 0 Å². The molecule has 0 aliphatic heterocycles. The van der Waals surface area contributed by atoms with Crippen molar-refractivity contribution < 1.29 is 9.53 Å². The average molecular weight is 231 g/mol. The largest absolute Gasteiger partial charge is 0.493 e. The molecule has 2 aromatic heterocycles. The highest BCUT2D eigenvalue weighted by Gasteiger charge is 2.17. The fourth-order valence-corrected chi connectivity index (χ4v) is 1.65. The number of hydrogen-bond donors (Lipinski definition) is 0. The van der Waals surface area contributed by atoms with E-state index in [0.29, 0.717) is 17.9 Å². The van der Waals surface area contributed by atoms with E-state index in [-0.39, 0.29) is 5.78 Å². The summed E-state index contributed by atoms with van der Waals surface area (Å²) in [6.07, 6.45) is 5.20. The van der Waals surface area contributed by atoms with Gasteiger partial charge in [-0.05, 0) is 17.7 Å². The molecule has 0 saturated carbocycles. The van der Waals surface area contributed by atoms with E-state index in [1.165, 1.54) is 11.8 Å². The van der Waals surface area contributed by atoms with Gasteiger partial charge in [0.15, 0.2) is 11.5 Å². The van der Waals surface area contributed by atoms with Gasteiger partial charge in [0, 0.05) is 25.9 Å². The molecular formula is C12H13N3O2. The Balaban J connectivity index is 2.23. The van der Waals surface area contributed by atoms with Crippen LogP contribution >= 0.6 is 0 Å². The summed E-state index contributed by atoms with van der Waals surface area (Å²) in [6.45, 7) is 0. The summed E-state index contributed by atoms with van der Waals surface area (Å²) < 4.78 is 6.64. The first-order valence-electron chi connectivity index (χ1n) is 5.20. The van der Waals surface area contributed by atoms with Gasteiger partial charge in [-0.2, -0.15) is 5.10 Å². The molecule has 0 amide bonds. The van der Waals surface area contributed by atoms with Crippen LogP contribution in [0.4, 0.5) is 0 Å². The van der Waals surface area contributed by atoms with Crippen LogP contribution < -0.4 is 4.74 Å². The number of ketones is 1. The number of hydrogen-bond acceptors (Lipinski definition) is 4. The molecule has 0 fully saturated rings. The van der Waals surface area contributed by atoms with Gasteiger partial charge in [-0.15, -0.1) is 0 Å². The van der Waals surface area contributed by atoms with Gasteiger partial charge < -0.3 is 4.74 Å². The molecule has 2 aromatic rings. The van der Waals surface area contributed by atoms with Gasteiger partial charge >= 0.3 is 0 Å². The van der Waals surface area contributed by atoms with E-state index in [9.17, 15) is 4.79 Å². The maximum absolute atomic E-state index is 12.1. The standard InChI is InChI=1S/C12H13N3O2/c1-15-12(11(17-2)8-14-15)10(16)7-9-3-5-13-6-4-9/h3-6,8H,7H2,1-2H3. The second-order valence-corrected chi connectivity index (χ2v) is 3.64. The molecular weight excluding hydrogens is 218 g/mol. The zero-order chi connectivity index (χ0) is 12.3. The fraction of sp³-hybridized carbons (Fsp3) is 0.250. The lowest BCUT2D eigenvalue weighted by Crippen LogP contribution is -2.11. The van der Waals surface area contributed by atoms with Crippen molar-refractivity contribution in [3.05, 3.63) is 42.0 Å². The van der Waals surface area contributed by atoms with Gasteiger partial charge in [-0.3, -0.25) is 14.5 Å². The topological polar surface area (TPSA) is 57.0 Å². The number of nitrogens with zero attached hydrogens (tertiary/aromatic N) is 3. The first-order chi connectivity index (χ1) is 8.22. The van der Waals surface area contributed by atoms with Crippen molar-refractivity contribution in [2.75, 3.05) is 7.11 Å². The summed E-state index contributed by atoms with van der Waals surface area (Å²) >= 11 is 0. The van der Waals surface area contributed by atoms with E-state index in [1.54, 1.807) is 25.6 Å². The van der Waals surface area contributed by atoms with Crippen LogP contribution in [0.1, 0.15) is 16.1 Å². The quantitative estimate of drug-likeness (QED) is 0.743. The third-order valence-corrected chi connectivity index (χ3v) is 2.50. The van der Waals surface area contributed by atoms with Gasteiger partial charge in [0.1, 0.15) is 5.69 Å². The Morgan fingerprint density at radius 3 is 2.76 bits per heavy atom. The number of carbonyl (C=O) groups is 1. The lowest BCUT2D eigenvalue weighted by molar-refractivity contribution is 0.0981. The van der Waals surface area contributed by atoms with E-state index < -0.39 is 0 Å². The zero-order valence-corrected chi connectivity index (χ0v) is 9.75. The normalized spacial score (nSPS) is 10.2. The summed E-state index contributed by atoms with van der Waals surface area (Å²) in [5.74, 6) is 0.486. The molecule has 0 aromatic carbocycles. The maximum Gasteiger partial charge on any atom is 0.189 e. The highest BCUT2D eigenvalue weighted by Crippen LogP contribution is 2.18. The van der Waals surface area contributed by atoms with Crippen LogP contribution in [0, 0.1) is 0 Å². The Morgan fingerprint density at radius 1 is 1.41 bits per heavy atom. The summed E-state index contributed by atoms with van der Waals surface area (Å²) in [5.41, 5.74) is 1.41. The predicted molar refractivity (Wildman–Crippen MR) is 62.0 cm³/mol. The Hall–Kier alpha value is -2.17. The molecule has 0 atom stereocenters. The summed E-state index contributed by atoms with van der Waals surface area (Å²) in [6, 6.07) is 3.64. The van der Waals surface area contributed by atoms with Crippen LogP contribution in [0.2, 0.25) is 0 Å². The van der Waals surface area contributed by atoms with E-state index >= 15 is 0 Å². The molecule has 2 heterocycles. The maximum atomic E-state index is 12.1. The number of carbonyl (C=O) groups excluding carboxylic acids is 1. The molecule has 0 aliphatic carbocycles. The van der Waals surface area contributed by atoms with Crippen molar-refractivity contribution in [2.45, 2.75) is 6.42 Å². The van der Waals surface area contributed by atoms with E-state index in [1.807, 2.05) is 12.1 Å². The number of rotatable bonds is 4. The summed E-state index contributed by atoms with van der Waals surface area (Å²) in [7, 11) is 3.25. The molecule has 0 spiro atoms. The number of Topliss-reactive ketones (excluding diaryl/α,β-unsaturated/α-hetero) is 1. The minimum atomic E-state index is -0.0203. The zero-order valence-electron chi connectivity index (χ0n) is 9.75. The summed E-state index contributed by atoms with van der Waals surface area (Å²) in [5, 5.41) is 4.01. The molecule has 0 saturated heterocycles. The van der Waals surface area contributed by atoms with E-state index in [2.05, 4.69) is 10.1 Å². The monoisotopic (exact) mass is 231 g/mol. The first-order valence-corrected chi connectivity index (χ1v) is 5.20. The first kappa shape index (κ1) is 11.3. The molecule has 0 aliphatic rings. The van der Waals surface area contributed by atoms with Crippen molar-refractivity contribution >= 4 is 5.78 Å². The van der Waals surface area contributed by atoms with Gasteiger partial charge in [-0.1, -0.05) is 0 Å². The van der Waals surface area contributed by atoms with Gasteiger partial charge in [0.2, 0.25) is 0 Å². The van der Waals surface area contributed by atoms with Crippen molar-refractivity contribution in [3.63, 3.8) is 0 Å². The van der Waals surface area contributed by atoms with Crippen LogP contribution in [0.15, 0.2) is 30.7 Å². The Bertz CT molecular complexity index is 520. The molecule has 5 nitrogen and oxygen atoms in total. The lowest BCUT2D eigenvalue weighted by Gasteiger charge is -2.04. The van der Waals surface area contributed by atoms with Crippen LogP contribution in [-0.2, 0) is 13.5 Å². The van der Waals surface area contributed by atoms with E-state index in [0.717, 1.165) is 5.56 Å². The lowest BCUT2D eigenvalue weighted by atomic mass is 10.1. The Kier molecular flexibility index (Phi) is 3.18. The third-order valence-electron chi connectivity index (χ3n) is 2.50. The van der Waals surface area contributed by atoms with Crippen molar-refractivity contribution in [3.8, 4) is 5.75 Å². The Labute approximate surface area is 99.1 Å². The number of ether oxygens (including phenoxy) is 1. The second-order valence-electron chi connectivity index (χ2n) is 3.64. The number of aryl methyl sites for hydroxylation is 1. The van der Waals surface area contributed by atoms with E-state index in [4.69, 9.17) is 4.74 Å². The molecule has 17 heavy (non-hydrogen) atoms. The predicted octanol–water partition coefficient (Wildman–Crippen LogP) is 1.25. The SMILES string of the molecule is COc1cnn(C)c1C(=O)Cc1ccncc1. The Morgan fingerprint density at radius 2 is 2.12 bits per heavy atom. The molecule has 0 bridgehead atoms. The van der Waals surface area contributed by atoms with Crippen molar-refractivity contribution in [2.24, 2.45) is 7.05 Å². The van der Waals surface area contributed by atoms with Crippen LogP contribution in [-0.4, -0.2) is 27.7 Å². The minimum absolute atomic E-state index is 0.0203. The minimum Gasteiger partial charge on any atom is -0.493 e. The van der Waals surface area contributed by atoms with Gasteiger partial charge in [0.25, 0.3) is 0 Å². The van der Waals surface area contributed by atoms with Crippen LogP contribution in [0.25, 0.3) is 0 Å². The number of pyridine rings is 1. The summed E-state index contributed by atoms with van der Waals surface area (Å²) in [4.78, 5) is 16.0. The highest BCUT2D eigenvalue weighted by molar-refractivity contribution is 5.98. The fourth-order valence-electron chi connectivity index (χ4n) is 1.65. The van der Waals surface area contributed by atoms with Crippen LogP contribution in [0.3, 0.4) is 0 Å². The molecule has 0 N–H and O–H groups in total. The molecule has 88 valence electrons. The molecule has 5 heteroatoms. The smallest absolute Gasteiger partial charge is 0.189 e. The molecule has 0 radical (unpaired) electrons. The number of methoxy groups -OCH3 is 1. The number of aromatic nitrogens is 3. The molecule has 2 rings (SSSR count). The third kappa shape index (κ3) is 2.33. The highest BCUT2D eigenvalue weighted by atomic mass is 16.5. The van der Waals surface area contributed by atoms with Gasteiger partial charge in [0.05, 0.1) is 13.3 Å². The van der Waals surface area contributed by atoms with Gasteiger partial charge in [-0.25, -0.2) is 0 Å². The van der Waals surface area contributed by atoms with Crippen molar-refractivity contribution in [1.82, 2.24) is 14.8 Å².